The van der Waals surface area contributed by atoms with Crippen LogP contribution >= 0.6 is 0 Å². The molecule has 5 N–H and O–H groups in total. The van der Waals surface area contributed by atoms with Crippen LogP contribution in [0.4, 0.5) is 5.69 Å². The van der Waals surface area contributed by atoms with E-state index >= 15 is 0 Å². The van der Waals surface area contributed by atoms with Crippen LogP contribution < -0.4 is 21.7 Å². The van der Waals surface area contributed by atoms with Crippen molar-refractivity contribution < 1.29 is 19.2 Å². The Morgan fingerprint density at radius 2 is 1.67 bits per heavy atom. The number of nitrogens with two attached hydrogens (primary N) is 1. The molecular weight excluding hydrogens is 456 g/mol. The number of hydrogen-bond donors (Lipinski definition) is 4. The molecule has 2 aromatic carbocycles. The second kappa shape index (κ2) is 15.1. The van der Waals surface area contributed by atoms with Crippen LogP contribution in [0.25, 0.3) is 6.08 Å². The highest BCUT2D eigenvalue weighted by Gasteiger charge is 2.24. The minimum absolute atomic E-state index is 0.127. The highest BCUT2D eigenvalue weighted by atomic mass is 16.2. The number of aryl methyl sites for hydroxylation is 1. The maximum absolute atomic E-state index is 12.9. The smallest absolute Gasteiger partial charge is 0.244 e. The third kappa shape index (κ3) is 10.5. The fourth-order valence-electron chi connectivity index (χ4n) is 3.63. The van der Waals surface area contributed by atoms with Crippen molar-refractivity contribution in [1.82, 2.24) is 16.0 Å². The molecule has 0 spiro atoms. The summed E-state index contributed by atoms with van der Waals surface area (Å²) in [5.74, 6) is -1.25. The SMILES string of the molecule is CC(C)C[C@H](NC(=O)CNC(=O)C=Cc1ccccc1N)C(=O)N[C@@H](C=O)CCCc1ccccc1. The van der Waals surface area contributed by atoms with Crippen molar-refractivity contribution in [2.75, 3.05) is 12.3 Å². The van der Waals surface area contributed by atoms with Gasteiger partial charge in [-0.25, -0.2) is 0 Å². The van der Waals surface area contributed by atoms with Crippen molar-refractivity contribution in [1.29, 1.82) is 0 Å². The number of amides is 3. The highest BCUT2D eigenvalue weighted by Crippen LogP contribution is 2.12. The Morgan fingerprint density at radius 3 is 2.33 bits per heavy atom. The van der Waals surface area contributed by atoms with E-state index in [1.165, 1.54) is 11.6 Å². The van der Waals surface area contributed by atoms with Gasteiger partial charge in [-0.05, 0) is 54.9 Å². The Balaban J connectivity index is 1.84. The fraction of sp³-hybridized carbons (Fsp3) is 0.357. The van der Waals surface area contributed by atoms with Gasteiger partial charge in [0.2, 0.25) is 17.7 Å². The van der Waals surface area contributed by atoms with Gasteiger partial charge in [-0.1, -0.05) is 62.4 Å². The van der Waals surface area contributed by atoms with Gasteiger partial charge in [-0.15, -0.1) is 0 Å². The monoisotopic (exact) mass is 492 g/mol. The van der Waals surface area contributed by atoms with Gasteiger partial charge in [-0.2, -0.15) is 0 Å². The van der Waals surface area contributed by atoms with Gasteiger partial charge in [0, 0.05) is 11.8 Å². The number of benzene rings is 2. The summed E-state index contributed by atoms with van der Waals surface area (Å²) in [6.45, 7) is 3.58. The molecule has 0 aromatic heterocycles. The second-order valence-corrected chi connectivity index (χ2v) is 9.06. The van der Waals surface area contributed by atoms with Gasteiger partial charge in [-0.3, -0.25) is 14.4 Å². The van der Waals surface area contributed by atoms with Crippen molar-refractivity contribution in [3.63, 3.8) is 0 Å². The van der Waals surface area contributed by atoms with E-state index in [9.17, 15) is 19.2 Å². The summed E-state index contributed by atoms with van der Waals surface area (Å²) in [7, 11) is 0. The summed E-state index contributed by atoms with van der Waals surface area (Å²) in [6.07, 6.45) is 6.02. The molecule has 8 heteroatoms. The third-order valence-electron chi connectivity index (χ3n) is 5.51. The predicted octanol–water partition coefficient (Wildman–Crippen LogP) is 2.64. The van der Waals surface area contributed by atoms with Crippen LogP contribution in [0.3, 0.4) is 0 Å². The van der Waals surface area contributed by atoms with E-state index in [0.29, 0.717) is 24.1 Å². The third-order valence-corrected chi connectivity index (χ3v) is 5.51. The summed E-state index contributed by atoms with van der Waals surface area (Å²) in [5, 5.41) is 7.91. The van der Waals surface area contributed by atoms with Gasteiger partial charge in [0.1, 0.15) is 12.3 Å². The Hall–Kier alpha value is -3.94. The molecule has 0 heterocycles. The fourth-order valence-corrected chi connectivity index (χ4v) is 3.63. The summed E-state index contributed by atoms with van der Waals surface area (Å²) < 4.78 is 0. The first-order valence-corrected chi connectivity index (χ1v) is 12.2. The summed E-state index contributed by atoms with van der Waals surface area (Å²) in [5.41, 5.74) is 8.24. The molecule has 192 valence electrons. The Bertz CT molecular complexity index is 1040. The molecule has 2 atom stereocenters. The molecular formula is C28H36N4O4. The lowest BCUT2D eigenvalue weighted by Gasteiger charge is -2.22. The van der Waals surface area contributed by atoms with Crippen LogP contribution in [0, 0.1) is 5.92 Å². The highest BCUT2D eigenvalue weighted by molar-refractivity contribution is 5.96. The largest absolute Gasteiger partial charge is 0.398 e. The maximum Gasteiger partial charge on any atom is 0.244 e. The van der Waals surface area contributed by atoms with Gasteiger partial charge < -0.3 is 26.5 Å². The molecule has 0 saturated heterocycles. The van der Waals surface area contributed by atoms with E-state index in [0.717, 1.165) is 19.1 Å². The average molecular weight is 493 g/mol. The number of carbonyl (C=O) groups excluding carboxylic acids is 4. The van der Waals surface area contributed by atoms with E-state index in [1.807, 2.05) is 44.2 Å². The Morgan fingerprint density at radius 1 is 0.972 bits per heavy atom. The number of aldehydes is 1. The van der Waals surface area contributed by atoms with Crippen LogP contribution in [0.1, 0.15) is 44.2 Å². The normalized spacial score (nSPS) is 12.6. The topological polar surface area (TPSA) is 130 Å². The minimum atomic E-state index is -0.814. The minimum Gasteiger partial charge on any atom is -0.398 e. The van der Waals surface area contributed by atoms with Crippen LogP contribution in [-0.4, -0.2) is 42.6 Å². The molecule has 0 unspecified atom stereocenters. The lowest BCUT2D eigenvalue weighted by molar-refractivity contribution is -0.130. The predicted molar refractivity (Wildman–Crippen MR) is 142 cm³/mol. The number of anilines is 1. The van der Waals surface area contributed by atoms with E-state index < -0.39 is 29.8 Å². The molecule has 0 saturated carbocycles. The molecule has 0 fully saturated rings. The Kier molecular flexibility index (Phi) is 11.9. The first-order valence-electron chi connectivity index (χ1n) is 12.2. The zero-order valence-electron chi connectivity index (χ0n) is 20.9. The number of para-hydroxylation sites is 1. The van der Waals surface area contributed by atoms with Gasteiger partial charge in [0.15, 0.2) is 0 Å². The lowest BCUT2D eigenvalue weighted by Crippen LogP contribution is -2.52. The van der Waals surface area contributed by atoms with Gasteiger partial charge in [0.05, 0.1) is 12.6 Å². The first-order chi connectivity index (χ1) is 17.3. The van der Waals surface area contributed by atoms with Crippen molar-refractivity contribution in [3.05, 3.63) is 71.8 Å². The molecule has 0 aliphatic rings. The van der Waals surface area contributed by atoms with E-state index in [2.05, 4.69) is 16.0 Å². The summed E-state index contributed by atoms with van der Waals surface area (Å²) in [6, 6.07) is 15.6. The number of hydrogen-bond acceptors (Lipinski definition) is 5. The van der Waals surface area contributed by atoms with Crippen LogP contribution in [0.2, 0.25) is 0 Å². The average Bonchev–Trinajstić information content (AvgIpc) is 2.86. The molecule has 2 aromatic rings. The number of rotatable bonds is 14. The number of nitrogens with one attached hydrogen (secondary N) is 3. The summed E-state index contributed by atoms with van der Waals surface area (Å²) in [4.78, 5) is 48.9. The van der Waals surface area contributed by atoms with Crippen LogP contribution in [0.5, 0.6) is 0 Å². The quantitative estimate of drug-likeness (QED) is 0.183. The zero-order chi connectivity index (χ0) is 26.3. The molecule has 8 nitrogen and oxygen atoms in total. The second-order valence-electron chi connectivity index (χ2n) is 9.06. The number of carbonyl (C=O) groups is 4. The van der Waals surface area contributed by atoms with Crippen molar-refractivity contribution in [3.8, 4) is 0 Å². The molecule has 0 aliphatic heterocycles. The molecule has 2 rings (SSSR count). The first kappa shape index (κ1) is 28.3. The molecule has 36 heavy (non-hydrogen) atoms. The number of nitrogen functional groups attached to an aromatic ring is 1. The molecule has 0 radical (unpaired) electrons. The van der Waals surface area contributed by atoms with Gasteiger partial charge >= 0.3 is 0 Å². The van der Waals surface area contributed by atoms with E-state index in [-0.39, 0.29) is 12.5 Å². The van der Waals surface area contributed by atoms with E-state index in [4.69, 9.17) is 5.73 Å². The molecule has 3 amide bonds. The van der Waals surface area contributed by atoms with Crippen LogP contribution in [-0.2, 0) is 25.6 Å². The zero-order valence-corrected chi connectivity index (χ0v) is 20.9. The Labute approximate surface area is 212 Å². The molecule has 0 bridgehead atoms. The maximum atomic E-state index is 12.9. The standard InChI is InChI=1S/C28H36N4O4/c1-20(2)17-25(28(36)31-23(19-33)13-8-11-21-9-4-3-5-10-21)32-27(35)18-30-26(34)16-15-22-12-6-7-14-24(22)29/h3-7,9-10,12,14-16,19-20,23,25H,8,11,13,17-18,29H2,1-2H3,(H,30,34)(H,31,36)(H,32,35)/t23-,25+/m1/s1. The molecule has 0 aliphatic carbocycles. The lowest BCUT2D eigenvalue weighted by atomic mass is 10.0. The van der Waals surface area contributed by atoms with Gasteiger partial charge in [0.25, 0.3) is 0 Å². The van der Waals surface area contributed by atoms with Crippen molar-refractivity contribution in [2.24, 2.45) is 5.92 Å². The van der Waals surface area contributed by atoms with Crippen molar-refractivity contribution >= 4 is 35.8 Å². The van der Waals surface area contributed by atoms with Crippen molar-refractivity contribution in [2.45, 2.75) is 51.6 Å². The van der Waals surface area contributed by atoms with Crippen LogP contribution in [0.15, 0.2) is 60.7 Å². The van der Waals surface area contributed by atoms with E-state index in [1.54, 1.807) is 30.3 Å². The summed E-state index contributed by atoms with van der Waals surface area (Å²) >= 11 is 0.